The van der Waals surface area contributed by atoms with Gasteiger partial charge in [-0.3, -0.25) is 0 Å². The first-order chi connectivity index (χ1) is 4.31. The molecular weight excluding hydrogens is 112 g/mol. The van der Waals surface area contributed by atoms with Gasteiger partial charge in [0.2, 0.25) is 0 Å². The van der Waals surface area contributed by atoms with Crippen LogP contribution in [0.3, 0.4) is 0 Å². The minimum Gasteiger partial charge on any atom is -0.378 e. The van der Waals surface area contributed by atoms with Gasteiger partial charge in [-0.15, -0.1) is 0 Å². The molecule has 0 unspecified atom stereocenters. The quantitative estimate of drug-likeness (QED) is 0.482. The van der Waals surface area contributed by atoms with Gasteiger partial charge >= 0.3 is 0 Å². The van der Waals surface area contributed by atoms with Gasteiger partial charge in [0.15, 0.2) is 0 Å². The second-order valence-corrected chi connectivity index (χ2v) is 3.66. The molecule has 1 atom stereocenters. The third kappa shape index (κ3) is 0.983. The molecule has 0 aromatic heterocycles. The maximum Gasteiger partial charge on any atom is 0.0547 e. The van der Waals surface area contributed by atoms with Crippen molar-refractivity contribution in [2.75, 3.05) is 6.61 Å². The van der Waals surface area contributed by atoms with Gasteiger partial charge in [0.05, 0.1) is 12.7 Å². The normalized spacial score (nSPS) is 39.0. The molecule has 1 aliphatic heterocycles. The fourth-order valence-electron chi connectivity index (χ4n) is 1.56. The van der Waals surface area contributed by atoms with Crippen molar-refractivity contribution in [3.63, 3.8) is 0 Å². The van der Waals surface area contributed by atoms with Crippen LogP contribution in [0.4, 0.5) is 0 Å². The fourth-order valence-corrected chi connectivity index (χ4v) is 1.56. The van der Waals surface area contributed by atoms with E-state index < -0.39 is 0 Å². The van der Waals surface area contributed by atoms with Crippen molar-refractivity contribution in [1.29, 1.82) is 0 Å². The predicted octanol–water partition coefficient (Wildman–Crippen LogP) is 1.97. The van der Waals surface area contributed by atoms with Crippen molar-refractivity contribution in [3.8, 4) is 0 Å². The molecule has 1 heterocycles. The zero-order chi connectivity index (χ0) is 6.32. The van der Waals surface area contributed by atoms with E-state index in [9.17, 15) is 0 Å². The summed E-state index contributed by atoms with van der Waals surface area (Å²) in [4.78, 5) is 0. The van der Waals surface area contributed by atoms with Crippen molar-refractivity contribution in [2.45, 2.75) is 38.7 Å². The Morgan fingerprint density at radius 2 is 2.11 bits per heavy atom. The zero-order valence-corrected chi connectivity index (χ0v) is 6.02. The lowest BCUT2D eigenvalue weighted by molar-refractivity contribution is -0.0143. The SMILES string of the molecule is C[C@@H]1CCC2(CC2)CO1. The van der Waals surface area contributed by atoms with Gasteiger partial charge < -0.3 is 4.74 Å². The molecule has 1 saturated heterocycles. The van der Waals surface area contributed by atoms with Crippen LogP contribution in [0.15, 0.2) is 0 Å². The predicted molar refractivity (Wildman–Crippen MR) is 36.3 cm³/mol. The lowest BCUT2D eigenvalue weighted by atomic mass is 9.96. The lowest BCUT2D eigenvalue weighted by Gasteiger charge is -2.26. The Morgan fingerprint density at radius 1 is 1.33 bits per heavy atom. The van der Waals surface area contributed by atoms with Crippen LogP contribution in [0.5, 0.6) is 0 Å². The van der Waals surface area contributed by atoms with E-state index in [1.807, 2.05) is 0 Å². The third-order valence-corrected chi connectivity index (χ3v) is 2.71. The second kappa shape index (κ2) is 1.72. The first-order valence-corrected chi connectivity index (χ1v) is 3.92. The molecule has 1 nitrogen and oxygen atoms in total. The standard InChI is InChI=1S/C8H14O/c1-7-2-3-8(4-5-8)6-9-7/h7H,2-6H2,1H3/t7-/m1/s1. The molecule has 9 heavy (non-hydrogen) atoms. The van der Waals surface area contributed by atoms with Crippen LogP contribution in [-0.4, -0.2) is 12.7 Å². The van der Waals surface area contributed by atoms with E-state index in [0.717, 1.165) is 6.61 Å². The first kappa shape index (κ1) is 5.72. The highest BCUT2D eigenvalue weighted by molar-refractivity contribution is 4.95. The molecule has 1 heteroatoms. The molecule has 1 aliphatic carbocycles. The number of hydrogen-bond acceptors (Lipinski definition) is 1. The van der Waals surface area contributed by atoms with E-state index in [1.54, 1.807) is 0 Å². The van der Waals surface area contributed by atoms with Crippen LogP contribution >= 0.6 is 0 Å². The molecule has 1 spiro atoms. The zero-order valence-electron chi connectivity index (χ0n) is 6.02. The summed E-state index contributed by atoms with van der Waals surface area (Å²) in [5, 5.41) is 0. The summed E-state index contributed by atoms with van der Waals surface area (Å²) in [7, 11) is 0. The van der Waals surface area contributed by atoms with Gasteiger partial charge in [-0.1, -0.05) is 0 Å². The minimum absolute atomic E-state index is 0.538. The Hall–Kier alpha value is -0.0400. The van der Waals surface area contributed by atoms with E-state index in [0.29, 0.717) is 11.5 Å². The summed E-state index contributed by atoms with van der Waals surface area (Å²) < 4.78 is 5.56. The Labute approximate surface area is 56.4 Å². The molecule has 52 valence electrons. The molecule has 0 N–H and O–H groups in total. The second-order valence-electron chi connectivity index (χ2n) is 3.66. The summed E-state index contributed by atoms with van der Waals surface area (Å²) in [6.45, 7) is 3.23. The largest absolute Gasteiger partial charge is 0.378 e. The molecule has 1 saturated carbocycles. The molecule has 0 amide bonds. The van der Waals surface area contributed by atoms with Crippen molar-refractivity contribution >= 4 is 0 Å². The molecule has 2 aliphatic rings. The van der Waals surface area contributed by atoms with Gasteiger partial charge in [0, 0.05) is 0 Å². The highest BCUT2D eigenvalue weighted by Crippen LogP contribution is 2.52. The Kier molecular flexibility index (Phi) is 1.10. The summed E-state index contributed by atoms with van der Waals surface area (Å²) >= 11 is 0. The monoisotopic (exact) mass is 126 g/mol. The summed E-state index contributed by atoms with van der Waals surface area (Å²) in [6.07, 6.45) is 6.12. The van der Waals surface area contributed by atoms with Gasteiger partial charge in [-0.25, -0.2) is 0 Å². The highest BCUT2D eigenvalue weighted by atomic mass is 16.5. The van der Waals surface area contributed by atoms with Gasteiger partial charge in [-0.2, -0.15) is 0 Å². The Morgan fingerprint density at radius 3 is 2.56 bits per heavy atom. The molecule has 0 aromatic carbocycles. The summed E-state index contributed by atoms with van der Waals surface area (Å²) in [5.41, 5.74) is 0.687. The van der Waals surface area contributed by atoms with Crippen molar-refractivity contribution in [1.82, 2.24) is 0 Å². The highest BCUT2D eigenvalue weighted by Gasteiger charge is 2.44. The van der Waals surface area contributed by atoms with E-state index in [-0.39, 0.29) is 0 Å². The van der Waals surface area contributed by atoms with Crippen molar-refractivity contribution in [3.05, 3.63) is 0 Å². The molecule has 2 rings (SSSR count). The smallest absolute Gasteiger partial charge is 0.0547 e. The topological polar surface area (TPSA) is 9.23 Å². The summed E-state index contributed by atoms with van der Waals surface area (Å²) in [6, 6.07) is 0. The molecule has 0 radical (unpaired) electrons. The Bertz CT molecular complexity index is 106. The van der Waals surface area contributed by atoms with Gasteiger partial charge in [0.1, 0.15) is 0 Å². The molecule has 0 bridgehead atoms. The van der Waals surface area contributed by atoms with E-state index in [1.165, 1.54) is 25.7 Å². The van der Waals surface area contributed by atoms with Gasteiger partial charge in [-0.05, 0) is 38.0 Å². The van der Waals surface area contributed by atoms with Crippen LogP contribution in [0.1, 0.15) is 32.6 Å². The van der Waals surface area contributed by atoms with E-state index in [2.05, 4.69) is 6.92 Å². The molecule has 0 aromatic rings. The average Bonchev–Trinajstić information content (AvgIpc) is 2.60. The lowest BCUT2D eigenvalue weighted by Crippen LogP contribution is -2.24. The number of rotatable bonds is 0. The van der Waals surface area contributed by atoms with Crippen LogP contribution in [0.25, 0.3) is 0 Å². The van der Waals surface area contributed by atoms with E-state index in [4.69, 9.17) is 4.74 Å². The van der Waals surface area contributed by atoms with E-state index >= 15 is 0 Å². The third-order valence-electron chi connectivity index (χ3n) is 2.71. The maximum atomic E-state index is 5.56. The summed E-state index contributed by atoms with van der Waals surface area (Å²) in [5.74, 6) is 0. The Balaban J connectivity index is 1.91. The van der Waals surface area contributed by atoms with Crippen LogP contribution in [-0.2, 0) is 4.74 Å². The average molecular weight is 126 g/mol. The van der Waals surface area contributed by atoms with Crippen molar-refractivity contribution < 1.29 is 4.74 Å². The number of hydrogen-bond donors (Lipinski definition) is 0. The molecular formula is C8H14O. The fraction of sp³-hybridized carbons (Fsp3) is 1.00. The minimum atomic E-state index is 0.538. The van der Waals surface area contributed by atoms with Crippen LogP contribution < -0.4 is 0 Å². The van der Waals surface area contributed by atoms with Crippen molar-refractivity contribution in [2.24, 2.45) is 5.41 Å². The first-order valence-electron chi connectivity index (χ1n) is 3.92. The molecule has 2 fully saturated rings. The number of ether oxygens (including phenoxy) is 1. The maximum absolute atomic E-state index is 5.56. The van der Waals surface area contributed by atoms with Gasteiger partial charge in [0.25, 0.3) is 0 Å². The van der Waals surface area contributed by atoms with Crippen LogP contribution in [0, 0.1) is 5.41 Å². The van der Waals surface area contributed by atoms with Crippen LogP contribution in [0.2, 0.25) is 0 Å².